The molecule has 0 amide bonds. The first-order valence-corrected chi connectivity index (χ1v) is 20.1. The highest BCUT2D eigenvalue weighted by atomic mass is 32.2. The van der Waals surface area contributed by atoms with Gasteiger partial charge in [0.05, 0.1) is 31.0 Å². The van der Waals surface area contributed by atoms with E-state index in [1.165, 1.54) is 18.2 Å². The number of aryl methyl sites for hydroxylation is 2. The van der Waals surface area contributed by atoms with Gasteiger partial charge in [-0.1, -0.05) is 12.1 Å². The lowest BCUT2D eigenvalue weighted by Gasteiger charge is -2.12. The molecule has 6 rings (SSSR count). The SMILES string of the molecule is Cc1cc(-c2ccc(N=Nc3c(S(=O)O)cc4cc(S(=O)(=O)O)cc(N)c4c3O)c(C)c2)ccc1N=Nc1c(S(=O)O)cc2cc(S(=O)O)cc(N)c2c1O. The summed E-state index contributed by atoms with van der Waals surface area (Å²) in [6, 6.07) is 17.1. The zero-order valence-corrected chi connectivity index (χ0v) is 31.5. The Kier molecular flexibility index (Phi) is 10.7. The van der Waals surface area contributed by atoms with E-state index >= 15 is 0 Å². The minimum absolute atomic E-state index is 0.0355. The van der Waals surface area contributed by atoms with Crippen LogP contribution in [0.25, 0.3) is 32.7 Å². The van der Waals surface area contributed by atoms with Gasteiger partial charge in [0.2, 0.25) is 0 Å². The molecule has 0 saturated carbocycles. The summed E-state index contributed by atoms with van der Waals surface area (Å²) < 4.78 is 98.1. The van der Waals surface area contributed by atoms with Gasteiger partial charge in [0.15, 0.2) is 44.7 Å². The Balaban J connectivity index is 1.30. The molecule has 6 aromatic rings. The van der Waals surface area contributed by atoms with Crippen LogP contribution in [0.4, 0.5) is 34.1 Å². The standard InChI is InChI=1S/C34H28N6O11S4/c1-15-7-17(3-5-25(15)37-39-31-27(53(45)46)11-19-9-21(52(43)44)13-23(35)29(19)33(31)41)18-4-6-26(16(2)8-18)38-40-32-28(54(47)48)12-20-10-22(55(49,50)51)14-24(36)30(20)34(32)42/h3-14,41-42H,35-36H2,1-2H3,(H,43,44)(H,45,46)(H,47,48)(H,49,50,51). The van der Waals surface area contributed by atoms with Crippen molar-refractivity contribution in [2.24, 2.45) is 20.5 Å². The van der Waals surface area contributed by atoms with Crippen molar-refractivity contribution in [3.8, 4) is 22.6 Å². The van der Waals surface area contributed by atoms with Gasteiger partial charge in [-0.2, -0.15) is 18.6 Å². The molecule has 55 heavy (non-hydrogen) atoms. The van der Waals surface area contributed by atoms with E-state index in [1.54, 1.807) is 50.2 Å². The Labute approximate surface area is 319 Å². The second kappa shape index (κ2) is 15.0. The first-order valence-electron chi connectivity index (χ1n) is 15.4. The summed E-state index contributed by atoms with van der Waals surface area (Å²) in [4.78, 5) is -1.33. The van der Waals surface area contributed by atoms with Gasteiger partial charge in [-0.05, 0) is 108 Å². The minimum atomic E-state index is -4.67. The molecule has 10 N–H and O–H groups in total. The number of rotatable bonds is 9. The van der Waals surface area contributed by atoms with Crippen LogP contribution < -0.4 is 11.5 Å². The van der Waals surface area contributed by atoms with Gasteiger partial charge in [-0.25, -0.2) is 12.6 Å². The van der Waals surface area contributed by atoms with Crippen LogP contribution in [0, 0.1) is 13.8 Å². The average Bonchev–Trinajstić information content (AvgIpc) is 3.10. The minimum Gasteiger partial charge on any atom is -0.505 e. The number of phenols is 2. The normalized spacial score (nSPS) is 13.9. The van der Waals surface area contributed by atoms with Crippen LogP contribution in [-0.2, 0) is 43.4 Å². The number of anilines is 2. The zero-order chi connectivity index (χ0) is 40.1. The van der Waals surface area contributed by atoms with E-state index in [1.807, 2.05) is 0 Å². The Morgan fingerprint density at radius 1 is 0.582 bits per heavy atom. The van der Waals surface area contributed by atoms with Gasteiger partial charge in [-0.3, -0.25) is 4.55 Å². The van der Waals surface area contributed by atoms with Crippen molar-refractivity contribution in [1.29, 1.82) is 0 Å². The molecule has 17 nitrogen and oxygen atoms in total. The fourth-order valence-corrected chi connectivity index (χ4v) is 7.86. The molecule has 0 aromatic heterocycles. The molecule has 0 fully saturated rings. The number of hydrogen-bond acceptors (Lipinski definition) is 13. The highest BCUT2D eigenvalue weighted by Crippen LogP contribution is 2.45. The van der Waals surface area contributed by atoms with Crippen molar-refractivity contribution in [2.75, 3.05) is 11.5 Å². The lowest BCUT2D eigenvalue weighted by Crippen LogP contribution is -2.01. The van der Waals surface area contributed by atoms with Crippen LogP contribution in [0.1, 0.15) is 11.1 Å². The van der Waals surface area contributed by atoms with Crippen LogP contribution >= 0.6 is 0 Å². The number of hydrogen-bond donors (Lipinski definition) is 8. The van der Waals surface area contributed by atoms with E-state index in [0.717, 1.165) is 29.3 Å². The molecular weight excluding hydrogens is 797 g/mol. The van der Waals surface area contributed by atoms with Crippen molar-refractivity contribution in [1.82, 2.24) is 0 Å². The fraction of sp³-hybridized carbons (Fsp3) is 0.0588. The molecule has 0 radical (unpaired) electrons. The third-order valence-corrected chi connectivity index (χ3v) is 11.3. The van der Waals surface area contributed by atoms with Crippen molar-refractivity contribution in [3.05, 3.63) is 83.9 Å². The Morgan fingerprint density at radius 3 is 1.42 bits per heavy atom. The maximum atomic E-state index is 12.2. The molecule has 0 heterocycles. The van der Waals surface area contributed by atoms with Gasteiger partial charge >= 0.3 is 0 Å². The maximum absolute atomic E-state index is 12.2. The monoisotopic (exact) mass is 824 g/mol. The summed E-state index contributed by atoms with van der Waals surface area (Å²) in [5, 5.41) is 38.6. The molecule has 0 saturated heterocycles. The molecule has 6 aromatic carbocycles. The van der Waals surface area contributed by atoms with Gasteiger partial charge < -0.3 is 35.3 Å². The van der Waals surface area contributed by atoms with Crippen molar-refractivity contribution < 1.29 is 49.5 Å². The number of azo groups is 2. The van der Waals surface area contributed by atoms with Gasteiger partial charge in [-0.15, -0.1) is 10.2 Å². The summed E-state index contributed by atoms with van der Waals surface area (Å²) in [5.74, 6) is -1.17. The summed E-state index contributed by atoms with van der Waals surface area (Å²) in [6.07, 6.45) is 0. The van der Waals surface area contributed by atoms with E-state index in [9.17, 15) is 49.5 Å². The molecule has 0 aliphatic carbocycles. The second-order valence-electron chi connectivity index (χ2n) is 12.0. The predicted octanol–water partition coefficient (Wildman–Crippen LogP) is 7.67. The lowest BCUT2D eigenvalue weighted by molar-refractivity contribution is 0.479. The summed E-state index contributed by atoms with van der Waals surface area (Å²) in [7, 11) is -4.67. The third-order valence-electron chi connectivity index (χ3n) is 8.43. The zero-order valence-electron chi connectivity index (χ0n) is 28.2. The molecule has 3 unspecified atom stereocenters. The number of aromatic hydroxyl groups is 2. The number of benzene rings is 6. The number of nitrogens with two attached hydrogens (primary N) is 2. The van der Waals surface area contributed by atoms with E-state index in [0.29, 0.717) is 22.5 Å². The molecule has 0 spiro atoms. The van der Waals surface area contributed by atoms with E-state index in [4.69, 9.17) is 11.5 Å². The van der Waals surface area contributed by atoms with Gasteiger partial charge in [0.25, 0.3) is 10.1 Å². The summed E-state index contributed by atoms with van der Waals surface area (Å²) >= 11 is -7.72. The molecule has 0 bridgehead atoms. The molecule has 3 atom stereocenters. The first kappa shape index (κ1) is 39.2. The number of nitrogens with zero attached hydrogens (tertiary/aromatic N) is 4. The topological polar surface area (TPSA) is 308 Å². The van der Waals surface area contributed by atoms with Crippen LogP contribution in [0.2, 0.25) is 0 Å². The van der Waals surface area contributed by atoms with E-state index < -0.39 is 59.8 Å². The van der Waals surface area contributed by atoms with Gasteiger partial charge in [0.1, 0.15) is 11.4 Å². The highest BCUT2D eigenvalue weighted by molar-refractivity contribution is 7.85. The number of nitrogen functional groups attached to an aromatic ring is 2. The number of fused-ring (bicyclic) bond motifs is 2. The summed E-state index contributed by atoms with van der Waals surface area (Å²) in [6.45, 7) is 3.49. The molecule has 284 valence electrons. The largest absolute Gasteiger partial charge is 0.505 e. The molecule has 0 aliphatic rings. The Morgan fingerprint density at radius 2 is 1.02 bits per heavy atom. The van der Waals surface area contributed by atoms with Crippen molar-refractivity contribution in [3.63, 3.8) is 0 Å². The van der Waals surface area contributed by atoms with Crippen LogP contribution in [-0.4, -0.2) is 49.5 Å². The Hall–Kier alpha value is -5.52. The first-order chi connectivity index (χ1) is 25.8. The van der Waals surface area contributed by atoms with Gasteiger partial charge in [0, 0.05) is 22.1 Å². The lowest BCUT2D eigenvalue weighted by atomic mass is 10.0. The van der Waals surface area contributed by atoms with Crippen molar-refractivity contribution in [2.45, 2.75) is 33.4 Å². The predicted molar refractivity (Wildman–Crippen MR) is 207 cm³/mol. The van der Waals surface area contributed by atoms with E-state index in [-0.39, 0.29) is 59.0 Å². The third kappa shape index (κ3) is 7.72. The van der Waals surface area contributed by atoms with Crippen LogP contribution in [0.15, 0.2) is 113 Å². The van der Waals surface area contributed by atoms with Crippen molar-refractivity contribution >= 4 is 99.0 Å². The molecule has 21 heteroatoms. The molecular formula is C34H28N6O11S4. The summed E-state index contributed by atoms with van der Waals surface area (Å²) in [5.41, 5.74) is 14.5. The smallest absolute Gasteiger partial charge is 0.294 e. The van der Waals surface area contributed by atoms with E-state index in [2.05, 4.69) is 20.5 Å². The Bertz CT molecular complexity index is 2870. The maximum Gasteiger partial charge on any atom is 0.294 e. The number of phenolic OH excluding ortho intramolecular Hbond substituents is 2. The van der Waals surface area contributed by atoms with Crippen LogP contribution in [0.5, 0.6) is 11.5 Å². The average molecular weight is 825 g/mol. The highest BCUT2D eigenvalue weighted by Gasteiger charge is 2.23. The molecule has 0 aliphatic heterocycles. The fourth-order valence-electron chi connectivity index (χ4n) is 5.79. The second-order valence-corrected chi connectivity index (χ2v) is 16.3. The van der Waals surface area contributed by atoms with Crippen LogP contribution in [0.3, 0.4) is 0 Å². The quantitative estimate of drug-likeness (QED) is 0.0301.